The molecule has 6 atom stereocenters. The topological polar surface area (TPSA) is 65.4 Å². The van der Waals surface area contributed by atoms with Crippen LogP contribution in [0, 0.1) is 17.0 Å². The summed E-state index contributed by atoms with van der Waals surface area (Å²) in [6, 6.07) is 7.32. The van der Waals surface area contributed by atoms with Gasteiger partial charge in [-0.15, -0.1) is 0 Å². The van der Waals surface area contributed by atoms with Crippen LogP contribution >= 0.6 is 23.2 Å². The van der Waals surface area contributed by atoms with Gasteiger partial charge in [-0.25, -0.2) is 8.78 Å². The number of aliphatic hydroxyl groups is 1. The molecule has 1 amide bonds. The summed E-state index contributed by atoms with van der Waals surface area (Å²) in [6.45, 7) is 6.60. The van der Waals surface area contributed by atoms with Gasteiger partial charge in [0.25, 0.3) is 0 Å². The van der Waals surface area contributed by atoms with Gasteiger partial charge in [0.15, 0.2) is 6.29 Å². The van der Waals surface area contributed by atoms with E-state index in [2.05, 4.69) is 25.8 Å². The number of hydrogen-bond acceptors (Lipinski definition) is 5. The van der Waals surface area contributed by atoms with E-state index in [0.29, 0.717) is 6.42 Å². The SMILES string of the molecule is CN=CC1(c2ccc(Cl)cc2F)C(c2cccc(Cl)c2F)C2C(=O)N(C3COC3O)CN2C1CC(C)(C)C. The fourth-order valence-corrected chi connectivity index (χ4v) is 6.83. The number of amides is 1. The van der Waals surface area contributed by atoms with Crippen LogP contribution in [0.1, 0.15) is 44.2 Å². The van der Waals surface area contributed by atoms with Gasteiger partial charge in [0.1, 0.15) is 17.7 Å². The van der Waals surface area contributed by atoms with E-state index in [-0.39, 0.29) is 45.8 Å². The molecule has 5 rings (SSSR count). The van der Waals surface area contributed by atoms with Crippen LogP contribution in [0.4, 0.5) is 8.78 Å². The van der Waals surface area contributed by atoms with Crippen LogP contribution in [0.2, 0.25) is 10.0 Å². The first-order chi connectivity index (χ1) is 17.9. The Morgan fingerprint density at radius 1 is 1.24 bits per heavy atom. The molecule has 0 aliphatic carbocycles. The number of aliphatic imine (C=N–C) groups is 1. The van der Waals surface area contributed by atoms with Crippen molar-refractivity contribution >= 4 is 35.3 Å². The number of ether oxygens (including phenoxy) is 1. The third-order valence-electron chi connectivity index (χ3n) is 8.02. The predicted octanol–water partition coefficient (Wildman–Crippen LogP) is 5.00. The van der Waals surface area contributed by atoms with Crippen molar-refractivity contribution < 1.29 is 23.4 Å². The van der Waals surface area contributed by atoms with Crippen LogP contribution in [0.25, 0.3) is 0 Å². The largest absolute Gasteiger partial charge is 0.366 e. The molecule has 3 heterocycles. The van der Waals surface area contributed by atoms with Crippen molar-refractivity contribution in [3.63, 3.8) is 0 Å². The third-order valence-corrected chi connectivity index (χ3v) is 8.55. The minimum atomic E-state index is -1.23. The van der Waals surface area contributed by atoms with E-state index < -0.39 is 47.4 Å². The zero-order valence-electron chi connectivity index (χ0n) is 21.7. The van der Waals surface area contributed by atoms with Gasteiger partial charge in [-0.3, -0.25) is 14.7 Å². The number of benzene rings is 2. The monoisotopic (exact) mass is 565 g/mol. The van der Waals surface area contributed by atoms with Crippen molar-refractivity contribution in [1.29, 1.82) is 0 Å². The molecule has 6 unspecified atom stereocenters. The summed E-state index contributed by atoms with van der Waals surface area (Å²) in [6.07, 6.45) is 1.12. The van der Waals surface area contributed by atoms with Gasteiger partial charge in [0.2, 0.25) is 5.91 Å². The molecule has 0 radical (unpaired) electrons. The third kappa shape index (κ3) is 4.25. The normalized spacial score (nSPS) is 31.8. The Balaban J connectivity index is 1.81. The molecule has 0 aromatic heterocycles. The molecule has 6 nitrogen and oxygen atoms in total. The van der Waals surface area contributed by atoms with E-state index in [4.69, 9.17) is 27.9 Å². The lowest BCUT2D eigenvalue weighted by atomic mass is 9.62. The van der Waals surface area contributed by atoms with Gasteiger partial charge in [0, 0.05) is 35.8 Å². The number of halogens is 4. The maximum Gasteiger partial charge on any atom is 0.242 e. The molecule has 3 aliphatic heterocycles. The summed E-state index contributed by atoms with van der Waals surface area (Å²) in [7, 11) is 1.59. The molecular weight excluding hydrogens is 535 g/mol. The Morgan fingerprint density at radius 3 is 2.55 bits per heavy atom. The van der Waals surface area contributed by atoms with Gasteiger partial charge in [-0.1, -0.05) is 62.2 Å². The average molecular weight is 566 g/mol. The summed E-state index contributed by atoms with van der Waals surface area (Å²) in [5.74, 6) is -2.36. The molecule has 3 fully saturated rings. The lowest BCUT2D eigenvalue weighted by molar-refractivity contribution is -0.236. The Bertz CT molecular complexity index is 1290. The van der Waals surface area contributed by atoms with Crippen LogP contribution in [0.5, 0.6) is 0 Å². The van der Waals surface area contributed by atoms with Crippen molar-refractivity contribution in [1.82, 2.24) is 9.80 Å². The first-order valence-corrected chi connectivity index (χ1v) is 13.3. The Labute approximate surface area is 231 Å². The zero-order chi connectivity index (χ0) is 27.6. The zero-order valence-corrected chi connectivity index (χ0v) is 23.2. The molecule has 3 saturated heterocycles. The minimum absolute atomic E-state index is 0.0858. The van der Waals surface area contributed by atoms with E-state index in [1.54, 1.807) is 42.4 Å². The molecule has 2 aromatic rings. The second-order valence-corrected chi connectivity index (χ2v) is 12.4. The second kappa shape index (κ2) is 9.82. The summed E-state index contributed by atoms with van der Waals surface area (Å²) in [4.78, 5) is 22.1. The van der Waals surface area contributed by atoms with Gasteiger partial charge in [-0.2, -0.15) is 0 Å². The van der Waals surface area contributed by atoms with Crippen molar-refractivity contribution in [3.8, 4) is 0 Å². The number of fused-ring (bicyclic) bond motifs is 1. The Morgan fingerprint density at radius 2 is 1.97 bits per heavy atom. The van der Waals surface area contributed by atoms with Crippen molar-refractivity contribution in [2.75, 3.05) is 20.3 Å². The van der Waals surface area contributed by atoms with Gasteiger partial charge in [0.05, 0.1) is 29.8 Å². The number of rotatable bonds is 5. The van der Waals surface area contributed by atoms with E-state index in [1.807, 2.05) is 4.90 Å². The molecule has 204 valence electrons. The number of carbonyl (C=O) groups is 1. The van der Waals surface area contributed by atoms with Crippen LogP contribution < -0.4 is 0 Å². The molecule has 0 saturated carbocycles. The number of nitrogens with zero attached hydrogens (tertiary/aromatic N) is 3. The van der Waals surface area contributed by atoms with Crippen molar-refractivity contribution in [2.45, 2.75) is 62.9 Å². The van der Waals surface area contributed by atoms with Crippen LogP contribution in [0.15, 0.2) is 41.4 Å². The molecule has 0 bridgehead atoms. The van der Waals surface area contributed by atoms with Crippen LogP contribution in [-0.2, 0) is 14.9 Å². The van der Waals surface area contributed by atoms with E-state index >= 15 is 8.78 Å². The minimum Gasteiger partial charge on any atom is -0.366 e. The average Bonchev–Trinajstić information content (AvgIpc) is 3.26. The number of hydrogen-bond donors (Lipinski definition) is 1. The highest BCUT2D eigenvalue weighted by molar-refractivity contribution is 6.31. The van der Waals surface area contributed by atoms with Crippen LogP contribution in [-0.4, -0.2) is 71.8 Å². The maximum atomic E-state index is 15.9. The quantitative estimate of drug-likeness (QED) is 0.518. The first kappa shape index (κ1) is 27.5. The lowest BCUT2D eigenvalue weighted by Crippen LogP contribution is -2.59. The molecule has 2 aromatic carbocycles. The molecule has 1 N–H and O–H groups in total. The van der Waals surface area contributed by atoms with E-state index in [0.717, 1.165) is 0 Å². The summed E-state index contributed by atoms with van der Waals surface area (Å²) in [5, 5.41) is 10.3. The van der Waals surface area contributed by atoms with Crippen molar-refractivity contribution in [2.24, 2.45) is 10.4 Å². The number of aliphatic hydroxyl groups excluding tert-OH is 1. The highest BCUT2D eigenvalue weighted by Gasteiger charge is 2.67. The Hall–Kier alpha value is -2.10. The van der Waals surface area contributed by atoms with Gasteiger partial charge >= 0.3 is 0 Å². The molecule has 0 spiro atoms. The fourth-order valence-electron chi connectivity index (χ4n) is 6.49. The van der Waals surface area contributed by atoms with Crippen LogP contribution in [0.3, 0.4) is 0 Å². The molecule has 38 heavy (non-hydrogen) atoms. The highest BCUT2D eigenvalue weighted by atomic mass is 35.5. The molecular formula is C28H31Cl2F2N3O3. The highest BCUT2D eigenvalue weighted by Crippen LogP contribution is 2.58. The lowest BCUT2D eigenvalue weighted by Gasteiger charge is -2.44. The summed E-state index contributed by atoms with van der Waals surface area (Å²) >= 11 is 12.4. The fraction of sp³-hybridized carbons (Fsp3) is 0.500. The second-order valence-electron chi connectivity index (χ2n) is 11.5. The summed E-state index contributed by atoms with van der Waals surface area (Å²) in [5.41, 5.74) is -0.989. The number of carbonyl (C=O) groups excluding carboxylic acids is 1. The Kier molecular flexibility index (Phi) is 7.10. The van der Waals surface area contributed by atoms with Gasteiger partial charge in [-0.05, 0) is 35.6 Å². The predicted molar refractivity (Wildman–Crippen MR) is 143 cm³/mol. The first-order valence-electron chi connectivity index (χ1n) is 12.6. The summed E-state index contributed by atoms with van der Waals surface area (Å²) < 4.78 is 36.9. The van der Waals surface area contributed by atoms with E-state index in [1.165, 1.54) is 12.1 Å². The van der Waals surface area contributed by atoms with Gasteiger partial charge < -0.3 is 14.7 Å². The maximum absolute atomic E-state index is 15.9. The standard InChI is InChI=1S/C28H31Cl2F2N3O3/c1-27(2,3)11-21-28(13-33-4,17-9-8-15(29)10-19(17)31)22(16-6-5-7-18(30)23(16)32)24-25(36)34(14-35(21)24)20-12-38-26(20)37/h5-10,13,20-22,24,26,37H,11-12,14H2,1-4H3. The molecule has 10 heteroatoms. The van der Waals surface area contributed by atoms with E-state index in [9.17, 15) is 9.90 Å². The smallest absolute Gasteiger partial charge is 0.242 e. The van der Waals surface area contributed by atoms with Crippen molar-refractivity contribution in [3.05, 3.63) is 69.2 Å². The molecule has 3 aliphatic rings.